The summed E-state index contributed by atoms with van der Waals surface area (Å²) in [6.07, 6.45) is 1.26. The first-order valence-corrected chi connectivity index (χ1v) is 11.7. The van der Waals surface area contributed by atoms with Crippen molar-refractivity contribution in [3.8, 4) is 0 Å². The lowest BCUT2D eigenvalue weighted by atomic mass is 9.95. The van der Waals surface area contributed by atoms with Gasteiger partial charge in [0.05, 0.1) is 4.92 Å². The summed E-state index contributed by atoms with van der Waals surface area (Å²) in [6, 6.07) is 16.8. The Morgan fingerprint density at radius 3 is 2.58 bits per heavy atom. The first-order chi connectivity index (χ1) is 15.1. The molecule has 0 radical (unpaired) electrons. The Hall–Kier alpha value is -2.98. The van der Waals surface area contributed by atoms with Gasteiger partial charge in [-0.05, 0) is 24.5 Å². The number of thioether (sulfide) groups is 1. The average molecular weight is 456 g/mol. The number of carbonyl (C=O) groups excluding carboxylic acids is 1. The zero-order valence-electron chi connectivity index (χ0n) is 16.6. The summed E-state index contributed by atoms with van der Waals surface area (Å²) in [5.74, 6) is 0.578. The SMILES string of the molecule is O=C(Nc1nnc(SCc2ccccc2)s1)C1CCN(c2ccccc2[N+](=O)[O-])CC1. The van der Waals surface area contributed by atoms with Crippen molar-refractivity contribution in [2.24, 2.45) is 5.92 Å². The van der Waals surface area contributed by atoms with Crippen molar-refractivity contribution in [3.05, 3.63) is 70.3 Å². The van der Waals surface area contributed by atoms with E-state index in [9.17, 15) is 14.9 Å². The molecule has 2 heterocycles. The molecule has 1 saturated heterocycles. The molecule has 0 unspecified atom stereocenters. The molecule has 0 atom stereocenters. The van der Waals surface area contributed by atoms with E-state index in [4.69, 9.17) is 0 Å². The number of benzene rings is 2. The third kappa shape index (κ3) is 5.39. The van der Waals surface area contributed by atoms with Crippen LogP contribution in [0.4, 0.5) is 16.5 Å². The highest BCUT2D eigenvalue weighted by molar-refractivity contribution is 8.00. The van der Waals surface area contributed by atoms with E-state index in [0.29, 0.717) is 36.8 Å². The maximum Gasteiger partial charge on any atom is 0.292 e. The molecule has 10 heteroatoms. The first kappa shape index (κ1) is 21.3. The molecule has 4 rings (SSSR count). The van der Waals surface area contributed by atoms with Crippen LogP contribution in [0.2, 0.25) is 0 Å². The highest BCUT2D eigenvalue weighted by atomic mass is 32.2. The molecule has 31 heavy (non-hydrogen) atoms. The van der Waals surface area contributed by atoms with Gasteiger partial charge in [-0.15, -0.1) is 10.2 Å². The quantitative estimate of drug-likeness (QED) is 0.241. The summed E-state index contributed by atoms with van der Waals surface area (Å²) in [6.45, 7) is 1.19. The number of piperidine rings is 1. The van der Waals surface area contributed by atoms with Gasteiger partial charge in [0.2, 0.25) is 11.0 Å². The minimum absolute atomic E-state index is 0.0713. The van der Waals surface area contributed by atoms with Gasteiger partial charge in [0.15, 0.2) is 4.34 Å². The lowest BCUT2D eigenvalue weighted by Gasteiger charge is -2.32. The van der Waals surface area contributed by atoms with Gasteiger partial charge in [-0.1, -0.05) is 65.6 Å². The predicted molar refractivity (Wildman–Crippen MR) is 123 cm³/mol. The Morgan fingerprint density at radius 1 is 1.13 bits per heavy atom. The zero-order chi connectivity index (χ0) is 21.6. The molecule has 1 fully saturated rings. The molecule has 0 aliphatic carbocycles. The van der Waals surface area contributed by atoms with E-state index < -0.39 is 0 Å². The largest absolute Gasteiger partial charge is 0.366 e. The monoisotopic (exact) mass is 455 g/mol. The summed E-state index contributed by atoms with van der Waals surface area (Å²) in [4.78, 5) is 25.6. The number of amides is 1. The van der Waals surface area contributed by atoms with Crippen molar-refractivity contribution in [2.75, 3.05) is 23.3 Å². The Labute approximate surface area is 187 Å². The number of hydrogen-bond donors (Lipinski definition) is 1. The number of aromatic nitrogens is 2. The minimum Gasteiger partial charge on any atom is -0.366 e. The van der Waals surface area contributed by atoms with Crippen LogP contribution in [0.15, 0.2) is 58.9 Å². The Balaban J connectivity index is 1.29. The second-order valence-electron chi connectivity index (χ2n) is 7.14. The summed E-state index contributed by atoms with van der Waals surface area (Å²) in [5.41, 5.74) is 1.91. The second kappa shape index (κ2) is 9.88. The first-order valence-electron chi connectivity index (χ1n) is 9.89. The molecule has 8 nitrogen and oxygen atoms in total. The van der Waals surface area contributed by atoms with Gasteiger partial charge in [-0.3, -0.25) is 14.9 Å². The molecule has 2 aromatic carbocycles. The Kier molecular flexibility index (Phi) is 6.78. The summed E-state index contributed by atoms with van der Waals surface area (Å²) in [7, 11) is 0. The van der Waals surface area contributed by atoms with E-state index in [1.807, 2.05) is 23.1 Å². The van der Waals surface area contributed by atoms with Crippen LogP contribution in [0.3, 0.4) is 0 Å². The molecule has 1 amide bonds. The molecule has 1 aliphatic heterocycles. The number of nitro groups is 1. The molecule has 0 spiro atoms. The fourth-order valence-corrected chi connectivity index (χ4v) is 5.22. The van der Waals surface area contributed by atoms with E-state index in [-0.39, 0.29) is 22.4 Å². The van der Waals surface area contributed by atoms with Crippen molar-refractivity contribution >= 4 is 45.5 Å². The predicted octanol–water partition coefficient (Wildman–Crippen LogP) is 4.59. The summed E-state index contributed by atoms with van der Waals surface area (Å²) >= 11 is 2.96. The van der Waals surface area contributed by atoms with Crippen LogP contribution >= 0.6 is 23.1 Å². The maximum absolute atomic E-state index is 12.7. The second-order valence-corrected chi connectivity index (χ2v) is 9.34. The van der Waals surface area contributed by atoms with E-state index >= 15 is 0 Å². The van der Waals surface area contributed by atoms with E-state index in [1.54, 1.807) is 30.0 Å². The average Bonchev–Trinajstić information content (AvgIpc) is 3.25. The smallest absolute Gasteiger partial charge is 0.292 e. The van der Waals surface area contributed by atoms with Crippen LogP contribution < -0.4 is 10.2 Å². The maximum atomic E-state index is 12.7. The van der Waals surface area contributed by atoms with Crippen molar-refractivity contribution in [1.29, 1.82) is 0 Å². The molecular formula is C21H21N5O3S2. The van der Waals surface area contributed by atoms with Gasteiger partial charge in [0, 0.05) is 30.8 Å². The van der Waals surface area contributed by atoms with Crippen LogP contribution in [0.25, 0.3) is 0 Å². The lowest BCUT2D eigenvalue weighted by Crippen LogP contribution is -2.38. The summed E-state index contributed by atoms with van der Waals surface area (Å²) in [5, 5.41) is 22.9. The molecular weight excluding hydrogens is 434 g/mol. The molecule has 1 aromatic heterocycles. The van der Waals surface area contributed by atoms with Crippen LogP contribution in [0.1, 0.15) is 18.4 Å². The number of nitro benzene ring substituents is 1. The minimum atomic E-state index is -0.364. The van der Waals surface area contributed by atoms with Gasteiger partial charge in [0.1, 0.15) is 5.69 Å². The fraction of sp³-hybridized carbons (Fsp3) is 0.286. The van der Waals surface area contributed by atoms with E-state index in [2.05, 4.69) is 27.6 Å². The van der Waals surface area contributed by atoms with E-state index in [1.165, 1.54) is 23.0 Å². The van der Waals surface area contributed by atoms with Gasteiger partial charge < -0.3 is 10.2 Å². The number of para-hydroxylation sites is 2. The highest BCUT2D eigenvalue weighted by Gasteiger charge is 2.28. The van der Waals surface area contributed by atoms with Gasteiger partial charge >= 0.3 is 0 Å². The molecule has 160 valence electrons. The van der Waals surface area contributed by atoms with Crippen molar-refractivity contribution < 1.29 is 9.72 Å². The van der Waals surface area contributed by atoms with Gasteiger partial charge in [0.25, 0.3) is 5.69 Å². The van der Waals surface area contributed by atoms with Crippen LogP contribution in [0.5, 0.6) is 0 Å². The molecule has 3 aromatic rings. The van der Waals surface area contributed by atoms with E-state index in [0.717, 1.165) is 10.1 Å². The van der Waals surface area contributed by atoms with Crippen molar-refractivity contribution in [3.63, 3.8) is 0 Å². The van der Waals surface area contributed by atoms with Crippen molar-refractivity contribution in [2.45, 2.75) is 22.9 Å². The highest BCUT2D eigenvalue weighted by Crippen LogP contribution is 2.32. The molecule has 0 saturated carbocycles. The van der Waals surface area contributed by atoms with Crippen LogP contribution in [-0.2, 0) is 10.5 Å². The topological polar surface area (TPSA) is 101 Å². The number of nitrogens with one attached hydrogen (secondary N) is 1. The normalized spacial score (nSPS) is 14.4. The zero-order valence-corrected chi connectivity index (χ0v) is 18.3. The van der Waals surface area contributed by atoms with Crippen LogP contribution in [-0.4, -0.2) is 34.1 Å². The van der Waals surface area contributed by atoms with Crippen LogP contribution in [0, 0.1) is 16.0 Å². The lowest BCUT2D eigenvalue weighted by molar-refractivity contribution is -0.384. The molecule has 1 N–H and O–H groups in total. The number of anilines is 2. The number of nitrogens with zero attached hydrogens (tertiary/aromatic N) is 4. The van der Waals surface area contributed by atoms with Gasteiger partial charge in [-0.2, -0.15) is 0 Å². The van der Waals surface area contributed by atoms with Gasteiger partial charge in [-0.25, -0.2) is 0 Å². The standard InChI is InChI=1S/C21H21N5O3S2/c27-19(22-20-23-24-21(31-20)30-14-15-6-2-1-3-7-15)16-10-12-25(13-11-16)17-8-4-5-9-18(17)26(28)29/h1-9,16H,10-14H2,(H,22,23,27). The summed E-state index contributed by atoms with van der Waals surface area (Å²) < 4.78 is 0.811. The number of rotatable bonds is 7. The third-order valence-corrected chi connectivity index (χ3v) is 7.17. The Morgan fingerprint density at radius 2 is 1.84 bits per heavy atom. The number of carbonyl (C=O) groups is 1. The number of hydrogen-bond acceptors (Lipinski definition) is 8. The fourth-order valence-electron chi connectivity index (χ4n) is 3.51. The third-order valence-electron chi connectivity index (χ3n) is 5.13. The van der Waals surface area contributed by atoms with Crippen molar-refractivity contribution in [1.82, 2.24) is 10.2 Å². The molecule has 1 aliphatic rings. The molecule has 0 bridgehead atoms. The Bertz CT molecular complexity index is 1050.